The topological polar surface area (TPSA) is 76.3 Å². The van der Waals surface area contributed by atoms with Gasteiger partial charge in [-0.2, -0.15) is 0 Å². The summed E-state index contributed by atoms with van der Waals surface area (Å²) in [6, 6.07) is 12.1. The van der Waals surface area contributed by atoms with Crippen molar-refractivity contribution in [1.29, 1.82) is 0 Å². The number of urea groups is 1. The van der Waals surface area contributed by atoms with Crippen molar-refractivity contribution >= 4 is 44.4 Å². The van der Waals surface area contributed by atoms with Gasteiger partial charge in [0.2, 0.25) is 0 Å². The van der Waals surface area contributed by atoms with Crippen molar-refractivity contribution < 1.29 is 9.21 Å². The van der Waals surface area contributed by atoms with Gasteiger partial charge in [0, 0.05) is 22.3 Å². The van der Waals surface area contributed by atoms with Crippen LogP contribution in [0.25, 0.3) is 11.1 Å². The highest BCUT2D eigenvalue weighted by molar-refractivity contribution is 9.10. The number of carbonyl (C=O) groups excluding carboxylic acids is 1. The van der Waals surface area contributed by atoms with E-state index < -0.39 is 5.76 Å². The Morgan fingerprint density at radius 2 is 1.92 bits per heavy atom. The molecule has 0 saturated heterocycles. The minimum absolute atomic E-state index is 0.00344. The molecule has 0 aliphatic heterocycles. The third-order valence-electron chi connectivity index (χ3n) is 3.51. The maximum atomic E-state index is 12.1. The van der Waals surface area contributed by atoms with Crippen molar-refractivity contribution in [3.63, 3.8) is 0 Å². The van der Waals surface area contributed by atoms with Crippen molar-refractivity contribution in [3.8, 4) is 0 Å². The van der Waals surface area contributed by atoms with Gasteiger partial charge in [-0.05, 0) is 54.0 Å². The lowest BCUT2D eigenvalue weighted by molar-refractivity contribution is 0.262. The second kappa shape index (κ2) is 6.52. The Kier molecular flexibility index (Phi) is 4.44. The van der Waals surface area contributed by atoms with E-state index in [1.807, 2.05) is 32.0 Å². The molecule has 2 amide bonds. The van der Waals surface area contributed by atoms with Crippen LogP contribution in [0.3, 0.4) is 0 Å². The van der Waals surface area contributed by atoms with Crippen molar-refractivity contribution in [2.75, 3.05) is 10.6 Å². The number of amides is 2. The van der Waals surface area contributed by atoms with Crippen molar-refractivity contribution in [1.82, 2.24) is 4.57 Å². The number of oxazole rings is 1. The van der Waals surface area contributed by atoms with E-state index in [1.165, 1.54) is 0 Å². The zero-order valence-electron chi connectivity index (χ0n) is 13.2. The van der Waals surface area contributed by atoms with Gasteiger partial charge in [-0.1, -0.05) is 12.1 Å². The number of fused-ring (bicyclic) bond motifs is 1. The monoisotopic (exact) mass is 389 g/mol. The normalized spacial score (nSPS) is 11.0. The van der Waals surface area contributed by atoms with Gasteiger partial charge in [0.1, 0.15) is 0 Å². The van der Waals surface area contributed by atoms with Gasteiger partial charge < -0.3 is 15.1 Å². The minimum atomic E-state index is -0.408. The van der Waals surface area contributed by atoms with Crippen LogP contribution in [0.5, 0.6) is 0 Å². The fraction of sp³-hybridized carbons (Fsp3) is 0.176. The summed E-state index contributed by atoms with van der Waals surface area (Å²) in [4.78, 5) is 24.0. The summed E-state index contributed by atoms with van der Waals surface area (Å²) in [5.74, 6) is -0.408. The van der Waals surface area contributed by atoms with Gasteiger partial charge in [-0.25, -0.2) is 9.59 Å². The number of nitrogens with one attached hydrogen (secondary N) is 2. The molecule has 0 atom stereocenters. The van der Waals surface area contributed by atoms with E-state index in [4.69, 9.17) is 4.42 Å². The van der Waals surface area contributed by atoms with Crippen LogP contribution in [0.15, 0.2) is 56.1 Å². The van der Waals surface area contributed by atoms with E-state index >= 15 is 0 Å². The molecule has 0 aliphatic carbocycles. The van der Waals surface area contributed by atoms with Crippen molar-refractivity contribution in [2.45, 2.75) is 19.9 Å². The molecule has 3 aromatic rings. The Morgan fingerprint density at radius 3 is 2.62 bits per heavy atom. The number of benzene rings is 2. The second-order valence-electron chi connectivity index (χ2n) is 5.57. The molecule has 1 heterocycles. The van der Waals surface area contributed by atoms with Crippen LogP contribution >= 0.6 is 15.9 Å². The molecule has 0 aliphatic rings. The van der Waals surface area contributed by atoms with Gasteiger partial charge in [0.05, 0.1) is 11.2 Å². The summed E-state index contributed by atoms with van der Waals surface area (Å²) in [7, 11) is 0. The van der Waals surface area contributed by atoms with E-state index in [1.54, 1.807) is 28.8 Å². The Labute approximate surface area is 146 Å². The van der Waals surface area contributed by atoms with Crippen LogP contribution in [0.2, 0.25) is 0 Å². The number of anilines is 2. The van der Waals surface area contributed by atoms with Gasteiger partial charge in [-0.3, -0.25) is 4.57 Å². The van der Waals surface area contributed by atoms with Crippen LogP contribution in [0, 0.1) is 0 Å². The van der Waals surface area contributed by atoms with Gasteiger partial charge in [0.15, 0.2) is 5.58 Å². The zero-order valence-corrected chi connectivity index (χ0v) is 14.8. The molecule has 0 bridgehead atoms. The molecule has 24 heavy (non-hydrogen) atoms. The molecule has 2 N–H and O–H groups in total. The third-order valence-corrected chi connectivity index (χ3v) is 4.20. The predicted octanol–water partition coefficient (Wildman–Crippen LogP) is 4.58. The van der Waals surface area contributed by atoms with Crippen molar-refractivity contribution in [2.24, 2.45) is 0 Å². The molecule has 0 radical (unpaired) electrons. The first-order valence-electron chi connectivity index (χ1n) is 7.43. The molecule has 0 fully saturated rings. The van der Waals surface area contributed by atoms with E-state index in [0.717, 1.165) is 4.47 Å². The number of carbonyl (C=O) groups is 1. The average Bonchev–Trinajstić information content (AvgIpc) is 2.84. The minimum Gasteiger partial charge on any atom is -0.408 e. The standard InChI is InChI=1S/C17H16BrN3O3/c1-10(2)21-14-8-7-11(9-15(14)24-17(21)23)19-16(22)20-13-6-4-3-5-12(13)18/h3-10H,1-2H3,(H2,19,20,22). The molecule has 0 spiro atoms. The number of rotatable bonds is 3. The predicted molar refractivity (Wildman–Crippen MR) is 97.6 cm³/mol. The van der Waals surface area contributed by atoms with Gasteiger partial charge >= 0.3 is 11.8 Å². The number of hydrogen-bond donors (Lipinski definition) is 2. The zero-order chi connectivity index (χ0) is 17.3. The van der Waals surface area contributed by atoms with E-state index in [-0.39, 0.29) is 12.1 Å². The fourth-order valence-corrected chi connectivity index (χ4v) is 2.83. The summed E-state index contributed by atoms with van der Waals surface area (Å²) in [5.41, 5.74) is 2.34. The first-order chi connectivity index (χ1) is 11.5. The average molecular weight is 390 g/mol. The van der Waals surface area contributed by atoms with Crippen LogP contribution in [0.1, 0.15) is 19.9 Å². The van der Waals surface area contributed by atoms with Crippen LogP contribution in [-0.2, 0) is 0 Å². The quantitative estimate of drug-likeness (QED) is 0.687. The van der Waals surface area contributed by atoms with E-state index in [9.17, 15) is 9.59 Å². The highest BCUT2D eigenvalue weighted by atomic mass is 79.9. The highest BCUT2D eigenvalue weighted by Crippen LogP contribution is 2.23. The molecular formula is C17H16BrN3O3. The number of nitrogens with zero attached hydrogens (tertiary/aromatic N) is 1. The third kappa shape index (κ3) is 3.21. The molecule has 124 valence electrons. The Bertz CT molecular complexity index is 959. The van der Waals surface area contributed by atoms with E-state index in [0.29, 0.717) is 22.5 Å². The molecular weight excluding hydrogens is 374 g/mol. The number of para-hydroxylation sites is 1. The highest BCUT2D eigenvalue weighted by Gasteiger charge is 2.13. The Hall–Kier alpha value is -2.54. The van der Waals surface area contributed by atoms with Gasteiger partial charge in [-0.15, -0.1) is 0 Å². The molecule has 0 saturated carbocycles. The summed E-state index contributed by atoms with van der Waals surface area (Å²) in [6.07, 6.45) is 0. The summed E-state index contributed by atoms with van der Waals surface area (Å²) < 4.78 is 7.61. The van der Waals surface area contributed by atoms with Crippen LogP contribution in [-0.4, -0.2) is 10.6 Å². The number of hydrogen-bond acceptors (Lipinski definition) is 3. The van der Waals surface area contributed by atoms with Crippen molar-refractivity contribution in [3.05, 3.63) is 57.5 Å². The fourth-order valence-electron chi connectivity index (χ4n) is 2.45. The SMILES string of the molecule is CC(C)n1c(=O)oc2cc(NC(=O)Nc3ccccc3Br)ccc21. The van der Waals surface area contributed by atoms with E-state index in [2.05, 4.69) is 26.6 Å². The molecule has 6 nitrogen and oxygen atoms in total. The number of aromatic nitrogens is 1. The lowest BCUT2D eigenvalue weighted by Gasteiger charge is -2.09. The largest absolute Gasteiger partial charge is 0.420 e. The molecule has 0 unspecified atom stereocenters. The summed E-state index contributed by atoms with van der Waals surface area (Å²) in [6.45, 7) is 3.82. The molecule has 3 rings (SSSR count). The maximum Gasteiger partial charge on any atom is 0.420 e. The maximum absolute atomic E-state index is 12.1. The molecule has 1 aromatic heterocycles. The van der Waals surface area contributed by atoms with Crippen LogP contribution in [0.4, 0.5) is 16.2 Å². The smallest absolute Gasteiger partial charge is 0.408 e. The Balaban J connectivity index is 1.82. The first-order valence-corrected chi connectivity index (χ1v) is 8.22. The van der Waals surface area contributed by atoms with Crippen LogP contribution < -0.4 is 16.4 Å². The summed E-state index contributed by atoms with van der Waals surface area (Å²) in [5, 5.41) is 5.47. The molecule has 2 aromatic carbocycles. The van der Waals surface area contributed by atoms with Gasteiger partial charge in [0.25, 0.3) is 0 Å². The molecule has 7 heteroatoms. The first kappa shape index (κ1) is 16.3. The second-order valence-corrected chi connectivity index (χ2v) is 6.43. The number of halogens is 1. The Morgan fingerprint density at radius 1 is 1.17 bits per heavy atom. The lowest BCUT2D eigenvalue weighted by atomic mass is 10.2. The summed E-state index contributed by atoms with van der Waals surface area (Å²) >= 11 is 3.37. The lowest BCUT2D eigenvalue weighted by Crippen LogP contribution is -2.19.